The minimum absolute atomic E-state index is 0.184. The Morgan fingerprint density at radius 1 is 1.09 bits per heavy atom. The van der Waals surface area contributed by atoms with Crippen molar-refractivity contribution in [3.8, 4) is 11.1 Å². The predicted molar refractivity (Wildman–Crippen MR) is 80.5 cm³/mol. The van der Waals surface area contributed by atoms with E-state index in [1.165, 1.54) is 18.2 Å². The average Bonchev–Trinajstić information content (AvgIpc) is 2.45. The second-order valence-electron chi connectivity index (χ2n) is 4.50. The molecular weight excluding hydrogens is 329 g/mol. The summed E-state index contributed by atoms with van der Waals surface area (Å²) in [5, 5.41) is 10.4. The summed E-state index contributed by atoms with van der Waals surface area (Å²) in [5.41, 5.74) is 8.96. The summed E-state index contributed by atoms with van der Waals surface area (Å²) in [5.74, 6) is -2.95. The van der Waals surface area contributed by atoms with Gasteiger partial charge >= 0.3 is 0 Å². The zero-order valence-corrected chi connectivity index (χ0v) is 12.1. The molecule has 2 amide bonds. The first-order chi connectivity index (χ1) is 10.7. The minimum atomic E-state index is -1.08. The van der Waals surface area contributed by atoms with Gasteiger partial charge in [-0.25, -0.2) is 4.39 Å². The van der Waals surface area contributed by atoms with Gasteiger partial charge in [0, 0.05) is 28.3 Å². The SMILES string of the molecule is NC(=O)c1cccc(C(N)=O)c1-c1c(F)cc([N+](=O)[O-])cc1Cl. The van der Waals surface area contributed by atoms with Crippen LogP contribution >= 0.6 is 11.6 Å². The normalized spacial score (nSPS) is 10.3. The Morgan fingerprint density at radius 2 is 1.61 bits per heavy atom. The van der Waals surface area contributed by atoms with Gasteiger partial charge in [0.05, 0.1) is 16.0 Å². The van der Waals surface area contributed by atoms with Crippen LogP contribution in [0.1, 0.15) is 20.7 Å². The van der Waals surface area contributed by atoms with E-state index in [2.05, 4.69) is 0 Å². The molecule has 0 aliphatic heterocycles. The number of benzene rings is 2. The van der Waals surface area contributed by atoms with Gasteiger partial charge in [0.2, 0.25) is 11.8 Å². The van der Waals surface area contributed by atoms with Crippen LogP contribution in [0.25, 0.3) is 11.1 Å². The number of halogens is 2. The van der Waals surface area contributed by atoms with E-state index in [4.69, 9.17) is 23.1 Å². The fraction of sp³-hybridized carbons (Fsp3) is 0. The first-order valence-electron chi connectivity index (χ1n) is 6.10. The van der Waals surface area contributed by atoms with E-state index in [1.54, 1.807) is 0 Å². The number of hydrogen-bond acceptors (Lipinski definition) is 4. The molecule has 0 atom stereocenters. The van der Waals surface area contributed by atoms with Crippen LogP contribution in [0.4, 0.5) is 10.1 Å². The van der Waals surface area contributed by atoms with Gasteiger partial charge in [0.1, 0.15) is 5.82 Å². The maximum absolute atomic E-state index is 14.4. The lowest BCUT2D eigenvalue weighted by Crippen LogP contribution is -2.18. The summed E-state index contributed by atoms with van der Waals surface area (Å²) in [6, 6.07) is 5.41. The monoisotopic (exact) mass is 337 g/mol. The van der Waals surface area contributed by atoms with Crippen LogP contribution < -0.4 is 11.5 Å². The zero-order chi connectivity index (χ0) is 17.3. The molecule has 118 valence electrons. The number of nitro benzene ring substituents is 1. The molecule has 23 heavy (non-hydrogen) atoms. The Balaban J connectivity index is 2.89. The first kappa shape index (κ1) is 16.4. The van der Waals surface area contributed by atoms with Crippen LogP contribution in [0.2, 0.25) is 5.02 Å². The number of amides is 2. The summed E-state index contributed by atoms with van der Waals surface area (Å²) in [6.45, 7) is 0. The third-order valence-electron chi connectivity index (χ3n) is 3.08. The Bertz CT molecular complexity index is 799. The maximum Gasteiger partial charge on any atom is 0.273 e. The summed E-state index contributed by atoms with van der Waals surface area (Å²) in [4.78, 5) is 33.0. The maximum atomic E-state index is 14.4. The van der Waals surface area contributed by atoms with Crippen LogP contribution in [0.3, 0.4) is 0 Å². The van der Waals surface area contributed by atoms with Crippen LogP contribution in [0.15, 0.2) is 30.3 Å². The van der Waals surface area contributed by atoms with E-state index in [9.17, 15) is 24.1 Å². The van der Waals surface area contributed by atoms with Crippen molar-refractivity contribution in [1.82, 2.24) is 0 Å². The summed E-state index contributed by atoms with van der Waals surface area (Å²) >= 11 is 5.92. The molecule has 2 rings (SSSR count). The molecule has 0 radical (unpaired) electrons. The highest BCUT2D eigenvalue weighted by molar-refractivity contribution is 6.34. The number of hydrogen-bond donors (Lipinski definition) is 2. The largest absolute Gasteiger partial charge is 0.366 e. The molecule has 0 bridgehead atoms. The quantitative estimate of drug-likeness (QED) is 0.654. The van der Waals surface area contributed by atoms with Gasteiger partial charge in [-0.05, 0) is 12.1 Å². The van der Waals surface area contributed by atoms with Crippen molar-refractivity contribution in [2.24, 2.45) is 11.5 Å². The van der Waals surface area contributed by atoms with Crippen LogP contribution in [0.5, 0.6) is 0 Å². The minimum Gasteiger partial charge on any atom is -0.366 e. The third kappa shape index (κ3) is 2.97. The van der Waals surface area contributed by atoms with E-state index in [1.807, 2.05) is 0 Å². The van der Waals surface area contributed by atoms with Gasteiger partial charge in [-0.15, -0.1) is 0 Å². The molecule has 9 heteroatoms. The second kappa shape index (κ2) is 6.01. The van der Waals surface area contributed by atoms with E-state index < -0.39 is 28.2 Å². The number of non-ortho nitro benzene ring substituents is 1. The molecule has 2 aromatic rings. The lowest BCUT2D eigenvalue weighted by atomic mass is 9.93. The molecule has 0 aliphatic carbocycles. The molecule has 7 nitrogen and oxygen atoms in total. The molecule has 4 N–H and O–H groups in total. The van der Waals surface area contributed by atoms with Gasteiger partial charge in [0.25, 0.3) is 5.69 Å². The molecule has 0 aliphatic rings. The third-order valence-corrected chi connectivity index (χ3v) is 3.38. The molecule has 0 heterocycles. The van der Waals surface area contributed by atoms with Crippen molar-refractivity contribution < 1.29 is 18.9 Å². The Morgan fingerprint density at radius 3 is 2.00 bits per heavy atom. The van der Waals surface area contributed by atoms with Crippen molar-refractivity contribution in [2.75, 3.05) is 0 Å². The Kier molecular flexibility index (Phi) is 4.28. The van der Waals surface area contributed by atoms with Gasteiger partial charge < -0.3 is 11.5 Å². The van der Waals surface area contributed by atoms with Crippen molar-refractivity contribution >= 4 is 29.1 Å². The molecule has 0 saturated heterocycles. The second-order valence-corrected chi connectivity index (χ2v) is 4.91. The van der Waals surface area contributed by atoms with Gasteiger partial charge in [-0.3, -0.25) is 19.7 Å². The highest BCUT2D eigenvalue weighted by Gasteiger charge is 2.24. The van der Waals surface area contributed by atoms with E-state index in [-0.39, 0.29) is 27.3 Å². The summed E-state index contributed by atoms with van der Waals surface area (Å²) < 4.78 is 14.4. The van der Waals surface area contributed by atoms with Crippen molar-refractivity contribution in [2.45, 2.75) is 0 Å². The molecule has 0 spiro atoms. The molecule has 2 aromatic carbocycles. The van der Waals surface area contributed by atoms with Crippen LogP contribution in [0, 0.1) is 15.9 Å². The Hall–Kier alpha value is -3.00. The predicted octanol–water partition coefficient (Wildman–Crippen LogP) is 2.25. The van der Waals surface area contributed by atoms with Gasteiger partial charge in [-0.2, -0.15) is 0 Å². The van der Waals surface area contributed by atoms with Crippen LogP contribution in [-0.2, 0) is 0 Å². The number of nitro groups is 1. The number of nitrogens with zero attached hydrogens (tertiary/aromatic N) is 1. The summed E-state index contributed by atoms with van der Waals surface area (Å²) in [6.07, 6.45) is 0. The van der Waals surface area contributed by atoms with Crippen molar-refractivity contribution in [1.29, 1.82) is 0 Å². The fourth-order valence-electron chi connectivity index (χ4n) is 2.14. The number of carbonyl (C=O) groups is 2. The number of rotatable bonds is 4. The first-order valence-corrected chi connectivity index (χ1v) is 6.48. The standard InChI is InChI=1S/C14H9ClFN3O4/c15-9-4-6(19(22)23)5-10(16)12(9)11-7(13(17)20)2-1-3-8(11)14(18)21/h1-5H,(H2,17,20)(H2,18,21). The summed E-state index contributed by atoms with van der Waals surface area (Å²) in [7, 11) is 0. The molecule has 0 saturated carbocycles. The number of carbonyl (C=O) groups excluding carboxylic acids is 2. The van der Waals surface area contributed by atoms with E-state index in [0.717, 1.165) is 6.07 Å². The zero-order valence-electron chi connectivity index (χ0n) is 11.4. The fourth-order valence-corrected chi connectivity index (χ4v) is 2.43. The van der Waals surface area contributed by atoms with Crippen LogP contribution in [-0.4, -0.2) is 16.7 Å². The Labute approximate surface area is 133 Å². The van der Waals surface area contributed by atoms with E-state index in [0.29, 0.717) is 6.07 Å². The topological polar surface area (TPSA) is 129 Å². The lowest BCUT2D eigenvalue weighted by molar-refractivity contribution is -0.385. The number of primary amides is 2. The molecule has 0 aromatic heterocycles. The van der Waals surface area contributed by atoms with Crippen molar-refractivity contribution in [3.05, 3.63) is 62.4 Å². The molecule has 0 unspecified atom stereocenters. The van der Waals surface area contributed by atoms with Gasteiger partial charge in [0.15, 0.2) is 0 Å². The molecular formula is C14H9ClFN3O4. The van der Waals surface area contributed by atoms with Gasteiger partial charge in [-0.1, -0.05) is 17.7 Å². The lowest BCUT2D eigenvalue weighted by Gasteiger charge is -2.13. The molecule has 0 fully saturated rings. The average molecular weight is 338 g/mol. The smallest absolute Gasteiger partial charge is 0.273 e. The highest BCUT2D eigenvalue weighted by atomic mass is 35.5. The van der Waals surface area contributed by atoms with Crippen molar-refractivity contribution in [3.63, 3.8) is 0 Å². The highest BCUT2D eigenvalue weighted by Crippen LogP contribution is 2.37. The number of nitrogens with two attached hydrogens (primary N) is 2. The van der Waals surface area contributed by atoms with E-state index >= 15 is 0 Å².